The maximum absolute atomic E-state index is 4.72. The highest BCUT2D eigenvalue weighted by Crippen LogP contribution is 2.32. The Bertz CT molecular complexity index is 700. The summed E-state index contributed by atoms with van der Waals surface area (Å²) < 4.78 is 2.17. The Morgan fingerprint density at radius 3 is 3.11 bits per heavy atom. The van der Waals surface area contributed by atoms with Gasteiger partial charge in [0.1, 0.15) is 5.03 Å². The molecule has 0 saturated carbocycles. The molecule has 3 nitrogen and oxygen atoms in total. The van der Waals surface area contributed by atoms with E-state index in [1.807, 2.05) is 7.05 Å². The summed E-state index contributed by atoms with van der Waals surface area (Å²) in [7, 11) is 1.97. The Balaban J connectivity index is 1.99. The smallest absolute Gasteiger partial charge is 0.194 e. The van der Waals surface area contributed by atoms with Crippen molar-refractivity contribution in [1.29, 1.82) is 0 Å². The van der Waals surface area contributed by atoms with Crippen molar-refractivity contribution in [3.63, 3.8) is 0 Å². The first-order valence-electron chi connectivity index (χ1n) is 6.11. The molecule has 0 aliphatic rings. The van der Waals surface area contributed by atoms with Crippen LogP contribution in [0.2, 0.25) is 0 Å². The van der Waals surface area contributed by atoms with Gasteiger partial charge in [-0.25, -0.2) is 4.98 Å². The van der Waals surface area contributed by atoms with Gasteiger partial charge < -0.3 is 5.32 Å². The minimum absolute atomic E-state index is 0.825. The molecule has 0 bridgehead atoms. The van der Waals surface area contributed by atoms with Crippen LogP contribution in [0.15, 0.2) is 45.8 Å². The fourth-order valence-electron chi connectivity index (χ4n) is 2.01. The molecule has 5 heteroatoms. The monoisotopic (exact) mass is 289 g/mol. The SMILES string of the molecule is CNCc1c(Sc2cccc(C)c2)nc2sccn12. The lowest BCUT2D eigenvalue weighted by Gasteiger charge is -2.04. The average Bonchev–Trinajstić information content (AvgIpc) is 2.93. The first-order valence-corrected chi connectivity index (χ1v) is 7.81. The van der Waals surface area contributed by atoms with E-state index >= 15 is 0 Å². The van der Waals surface area contributed by atoms with Crippen molar-refractivity contribution >= 4 is 28.1 Å². The lowest BCUT2D eigenvalue weighted by molar-refractivity contribution is 0.765. The molecular formula is C14H15N3S2. The third kappa shape index (κ3) is 2.54. The van der Waals surface area contributed by atoms with E-state index in [1.165, 1.54) is 16.2 Å². The summed E-state index contributed by atoms with van der Waals surface area (Å²) in [5.41, 5.74) is 2.51. The number of imidazole rings is 1. The van der Waals surface area contributed by atoms with E-state index in [0.717, 1.165) is 16.5 Å². The van der Waals surface area contributed by atoms with Gasteiger partial charge in [0, 0.05) is 23.0 Å². The predicted octanol–water partition coefficient (Wildman–Crippen LogP) is 3.57. The van der Waals surface area contributed by atoms with Gasteiger partial charge >= 0.3 is 0 Å². The molecule has 98 valence electrons. The van der Waals surface area contributed by atoms with E-state index in [-0.39, 0.29) is 0 Å². The Hall–Kier alpha value is -1.30. The Morgan fingerprint density at radius 2 is 2.32 bits per heavy atom. The van der Waals surface area contributed by atoms with Crippen LogP contribution in [-0.2, 0) is 6.54 Å². The van der Waals surface area contributed by atoms with Crippen LogP contribution in [0.5, 0.6) is 0 Å². The highest BCUT2D eigenvalue weighted by Gasteiger charge is 2.13. The zero-order valence-corrected chi connectivity index (χ0v) is 12.5. The van der Waals surface area contributed by atoms with Crippen LogP contribution < -0.4 is 5.32 Å². The largest absolute Gasteiger partial charge is 0.314 e. The maximum Gasteiger partial charge on any atom is 0.194 e. The van der Waals surface area contributed by atoms with E-state index in [0.29, 0.717) is 0 Å². The molecule has 0 amide bonds. The molecule has 3 rings (SSSR count). The first-order chi connectivity index (χ1) is 9.28. The second-order valence-electron chi connectivity index (χ2n) is 4.37. The van der Waals surface area contributed by atoms with E-state index in [9.17, 15) is 0 Å². The predicted molar refractivity (Wildman–Crippen MR) is 81.1 cm³/mol. The number of benzene rings is 1. The van der Waals surface area contributed by atoms with Crippen molar-refractivity contribution in [1.82, 2.24) is 14.7 Å². The molecule has 0 radical (unpaired) electrons. The van der Waals surface area contributed by atoms with Crippen LogP contribution in [-0.4, -0.2) is 16.4 Å². The highest BCUT2D eigenvalue weighted by atomic mass is 32.2. The Kier molecular flexibility index (Phi) is 3.59. The van der Waals surface area contributed by atoms with Crippen LogP contribution in [0.4, 0.5) is 0 Å². The van der Waals surface area contributed by atoms with E-state index in [1.54, 1.807) is 23.1 Å². The fraction of sp³-hybridized carbons (Fsp3) is 0.214. The van der Waals surface area contributed by atoms with Crippen molar-refractivity contribution in [2.24, 2.45) is 0 Å². The maximum atomic E-state index is 4.72. The number of aryl methyl sites for hydroxylation is 1. The van der Waals surface area contributed by atoms with Gasteiger partial charge in [-0.2, -0.15) is 0 Å². The molecule has 0 spiro atoms. The molecule has 0 atom stereocenters. The van der Waals surface area contributed by atoms with Crippen LogP contribution in [0, 0.1) is 6.92 Å². The molecule has 1 aromatic carbocycles. The summed E-state index contributed by atoms with van der Waals surface area (Å²) in [5, 5.41) is 6.38. The van der Waals surface area contributed by atoms with Crippen molar-refractivity contribution in [3.05, 3.63) is 47.1 Å². The summed E-state index contributed by atoms with van der Waals surface area (Å²) in [6.07, 6.45) is 2.08. The normalized spacial score (nSPS) is 11.3. The zero-order valence-electron chi connectivity index (χ0n) is 10.9. The van der Waals surface area contributed by atoms with Crippen molar-refractivity contribution in [2.45, 2.75) is 23.4 Å². The molecule has 0 aliphatic carbocycles. The average molecular weight is 289 g/mol. The number of hydrogen-bond donors (Lipinski definition) is 1. The molecule has 0 aliphatic heterocycles. The van der Waals surface area contributed by atoms with Gasteiger partial charge in [0.2, 0.25) is 0 Å². The Morgan fingerprint density at radius 1 is 1.42 bits per heavy atom. The summed E-state index contributed by atoms with van der Waals surface area (Å²) in [6, 6.07) is 8.54. The molecule has 2 aromatic heterocycles. The van der Waals surface area contributed by atoms with Gasteiger partial charge in [0.05, 0.1) is 5.69 Å². The molecule has 3 aromatic rings. The number of nitrogens with one attached hydrogen (secondary N) is 1. The van der Waals surface area contributed by atoms with Crippen molar-refractivity contribution in [2.75, 3.05) is 7.05 Å². The lowest BCUT2D eigenvalue weighted by atomic mass is 10.2. The van der Waals surface area contributed by atoms with Crippen LogP contribution >= 0.6 is 23.1 Å². The fourth-order valence-corrected chi connectivity index (χ4v) is 3.84. The van der Waals surface area contributed by atoms with E-state index < -0.39 is 0 Å². The van der Waals surface area contributed by atoms with E-state index in [2.05, 4.69) is 52.5 Å². The van der Waals surface area contributed by atoms with Crippen LogP contribution in [0.1, 0.15) is 11.3 Å². The molecule has 2 heterocycles. The molecular weight excluding hydrogens is 274 g/mol. The third-order valence-electron chi connectivity index (χ3n) is 2.87. The zero-order chi connectivity index (χ0) is 13.2. The number of rotatable bonds is 4. The first kappa shape index (κ1) is 12.7. The van der Waals surface area contributed by atoms with Gasteiger partial charge in [-0.3, -0.25) is 4.40 Å². The quantitative estimate of drug-likeness (QED) is 0.796. The summed E-state index contributed by atoms with van der Waals surface area (Å²) in [4.78, 5) is 7.02. The highest BCUT2D eigenvalue weighted by molar-refractivity contribution is 7.99. The molecule has 0 fully saturated rings. The lowest BCUT2D eigenvalue weighted by Crippen LogP contribution is -2.08. The number of hydrogen-bond acceptors (Lipinski definition) is 4. The number of nitrogens with zero attached hydrogens (tertiary/aromatic N) is 2. The minimum Gasteiger partial charge on any atom is -0.314 e. The van der Waals surface area contributed by atoms with Crippen molar-refractivity contribution in [3.8, 4) is 0 Å². The van der Waals surface area contributed by atoms with E-state index in [4.69, 9.17) is 4.98 Å². The summed E-state index contributed by atoms with van der Waals surface area (Å²) >= 11 is 3.41. The second-order valence-corrected chi connectivity index (χ2v) is 6.30. The Labute approximate surface area is 120 Å². The summed E-state index contributed by atoms with van der Waals surface area (Å²) in [5.74, 6) is 0. The van der Waals surface area contributed by atoms with Gasteiger partial charge in [0.15, 0.2) is 4.96 Å². The number of fused-ring (bicyclic) bond motifs is 1. The van der Waals surface area contributed by atoms with Gasteiger partial charge in [-0.05, 0) is 26.1 Å². The minimum atomic E-state index is 0.825. The standard InChI is InChI=1S/C14H15N3S2/c1-10-4-3-5-11(8-10)19-13-12(9-15-2)17-6-7-18-14(17)16-13/h3-8,15H,9H2,1-2H3. The molecule has 19 heavy (non-hydrogen) atoms. The van der Waals surface area contributed by atoms with Gasteiger partial charge in [-0.15, -0.1) is 11.3 Å². The molecule has 0 saturated heterocycles. The van der Waals surface area contributed by atoms with Crippen LogP contribution in [0.25, 0.3) is 4.96 Å². The number of thiazole rings is 1. The topological polar surface area (TPSA) is 29.3 Å². The second kappa shape index (κ2) is 5.36. The third-order valence-corrected chi connectivity index (χ3v) is 4.64. The summed E-state index contributed by atoms with van der Waals surface area (Å²) in [6.45, 7) is 2.94. The van der Waals surface area contributed by atoms with Crippen LogP contribution in [0.3, 0.4) is 0 Å². The van der Waals surface area contributed by atoms with Gasteiger partial charge in [-0.1, -0.05) is 29.5 Å². The van der Waals surface area contributed by atoms with Crippen molar-refractivity contribution < 1.29 is 0 Å². The molecule has 1 N–H and O–H groups in total. The molecule has 0 unspecified atom stereocenters. The van der Waals surface area contributed by atoms with Gasteiger partial charge in [0.25, 0.3) is 0 Å². The number of aromatic nitrogens is 2.